The molecule has 1 aliphatic heterocycles. The van der Waals surface area contributed by atoms with Gasteiger partial charge in [0.15, 0.2) is 5.96 Å². The van der Waals surface area contributed by atoms with Crippen LogP contribution >= 0.6 is 24.0 Å². The fraction of sp³-hybridized carbons (Fsp3) is 0.588. The maximum absolute atomic E-state index is 11.5. The van der Waals surface area contributed by atoms with Crippen molar-refractivity contribution in [2.24, 2.45) is 16.6 Å². The van der Waals surface area contributed by atoms with E-state index in [1.165, 1.54) is 10.6 Å². The molecule has 1 aromatic rings. The summed E-state index contributed by atoms with van der Waals surface area (Å²) in [5.41, 5.74) is 6.79. The minimum Gasteiger partial charge on any atom is -0.491 e. The van der Waals surface area contributed by atoms with Gasteiger partial charge in [-0.05, 0) is 56.9 Å². The number of hydrogen-bond donors (Lipinski definition) is 2. The van der Waals surface area contributed by atoms with Crippen molar-refractivity contribution in [2.75, 3.05) is 31.2 Å². The van der Waals surface area contributed by atoms with Crippen LogP contribution in [0, 0.1) is 5.92 Å². The lowest BCUT2D eigenvalue weighted by molar-refractivity contribution is 0.242. The van der Waals surface area contributed by atoms with Crippen LogP contribution in [0.1, 0.15) is 26.7 Å². The smallest absolute Gasteiger partial charge is 0.211 e. The number of hydrogen-bond acceptors (Lipinski definition) is 4. The lowest BCUT2D eigenvalue weighted by Crippen LogP contribution is -2.38. The standard InChI is InChI=1S/C17H28N4O3S.HI/c1-13(2)24-16-6-4-15(5-7-16)20-17(18)19-12-14-8-10-21(11-9-14)25(3,22)23;/h4-7,13-14H,8-12H2,1-3H3,(H3,18,19,20);1H. The molecule has 0 aliphatic carbocycles. The van der Waals surface area contributed by atoms with Crippen molar-refractivity contribution in [2.45, 2.75) is 32.8 Å². The minimum atomic E-state index is -3.08. The van der Waals surface area contributed by atoms with Crippen molar-refractivity contribution in [1.29, 1.82) is 0 Å². The van der Waals surface area contributed by atoms with E-state index in [-0.39, 0.29) is 30.1 Å². The summed E-state index contributed by atoms with van der Waals surface area (Å²) in [4.78, 5) is 4.39. The Bertz CT molecular complexity index is 684. The third-order valence-corrected chi connectivity index (χ3v) is 5.36. The number of benzene rings is 1. The molecule has 1 aromatic carbocycles. The first-order valence-electron chi connectivity index (χ1n) is 8.53. The zero-order valence-electron chi connectivity index (χ0n) is 15.5. The van der Waals surface area contributed by atoms with Gasteiger partial charge in [-0.25, -0.2) is 12.7 Å². The highest BCUT2D eigenvalue weighted by molar-refractivity contribution is 14.0. The second-order valence-electron chi connectivity index (χ2n) is 6.65. The summed E-state index contributed by atoms with van der Waals surface area (Å²) in [6.07, 6.45) is 3.01. The van der Waals surface area contributed by atoms with Crippen molar-refractivity contribution in [3.8, 4) is 5.75 Å². The Balaban J connectivity index is 0.00000338. The van der Waals surface area contributed by atoms with Crippen molar-refractivity contribution in [3.63, 3.8) is 0 Å². The molecule has 1 heterocycles. The van der Waals surface area contributed by atoms with Gasteiger partial charge in [-0.1, -0.05) is 0 Å². The third kappa shape index (κ3) is 7.67. The predicted molar refractivity (Wildman–Crippen MR) is 117 cm³/mol. The molecule has 7 nitrogen and oxygen atoms in total. The molecular weight excluding hydrogens is 467 g/mol. The summed E-state index contributed by atoms with van der Waals surface area (Å²) in [6.45, 7) is 5.69. The van der Waals surface area contributed by atoms with Crippen LogP contribution in [0.2, 0.25) is 0 Å². The van der Waals surface area contributed by atoms with E-state index in [1.54, 1.807) is 0 Å². The maximum atomic E-state index is 11.5. The van der Waals surface area contributed by atoms with E-state index >= 15 is 0 Å². The summed E-state index contributed by atoms with van der Waals surface area (Å²) in [6, 6.07) is 7.56. The van der Waals surface area contributed by atoms with Gasteiger partial charge in [-0.2, -0.15) is 0 Å². The van der Waals surface area contributed by atoms with Gasteiger partial charge >= 0.3 is 0 Å². The Morgan fingerprint density at radius 1 is 1.31 bits per heavy atom. The van der Waals surface area contributed by atoms with Crippen molar-refractivity contribution < 1.29 is 13.2 Å². The van der Waals surface area contributed by atoms with Crippen molar-refractivity contribution in [1.82, 2.24) is 4.31 Å². The molecule has 9 heteroatoms. The fourth-order valence-corrected chi connectivity index (χ4v) is 3.60. The summed E-state index contributed by atoms with van der Waals surface area (Å²) < 4.78 is 30.1. The van der Waals surface area contributed by atoms with Crippen LogP contribution in [0.5, 0.6) is 5.75 Å². The van der Waals surface area contributed by atoms with Gasteiger partial charge < -0.3 is 15.8 Å². The van der Waals surface area contributed by atoms with Gasteiger partial charge in [-0.3, -0.25) is 4.99 Å². The molecule has 26 heavy (non-hydrogen) atoms. The van der Waals surface area contributed by atoms with E-state index in [1.807, 2.05) is 38.1 Å². The first kappa shape index (κ1) is 23.0. The van der Waals surface area contributed by atoms with Crippen molar-refractivity contribution in [3.05, 3.63) is 24.3 Å². The minimum absolute atomic E-state index is 0. The highest BCUT2D eigenvalue weighted by atomic mass is 127. The summed E-state index contributed by atoms with van der Waals surface area (Å²) in [5, 5.41) is 3.06. The lowest BCUT2D eigenvalue weighted by atomic mass is 9.98. The molecule has 0 saturated carbocycles. The largest absolute Gasteiger partial charge is 0.491 e. The van der Waals surface area contributed by atoms with Crippen LogP contribution in [0.3, 0.4) is 0 Å². The second-order valence-corrected chi connectivity index (χ2v) is 8.63. The Hall–Kier alpha value is -1.07. The lowest BCUT2D eigenvalue weighted by Gasteiger charge is -2.29. The molecule has 0 atom stereocenters. The van der Waals surface area contributed by atoms with Gasteiger partial charge in [0.25, 0.3) is 0 Å². The fourth-order valence-electron chi connectivity index (χ4n) is 2.73. The van der Waals surface area contributed by atoms with Gasteiger partial charge in [0.05, 0.1) is 12.4 Å². The molecule has 0 aromatic heterocycles. The molecule has 2 rings (SSSR count). The molecule has 0 spiro atoms. The molecule has 0 bridgehead atoms. The number of aliphatic imine (C=N–C) groups is 1. The summed E-state index contributed by atoms with van der Waals surface area (Å²) in [5.74, 6) is 1.54. The monoisotopic (exact) mass is 496 g/mol. The van der Waals surface area contributed by atoms with Crippen LogP contribution in [-0.4, -0.2) is 50.7 Å². The number of rotatable bonds is 6. The number of nitrogens with two attached hydrogens (primary N) is 1. The van der Waals surface area contributed by atoms with E-state index in [2.05, 4.69) is 10.3 Å². The van der Waals surface area contributed by atoms with Crippen LogP contribution in [0.25, 0.3) is 0 Å². The van der Waals surface area contributed by atoms with E-state index in [0.29, 0.717) is 31.5 Å². The number of halogens is 1. The molecule has 0 unspecified atom stereocenters. The SMILES string of the molecule is CC(C)Oc1ccc(NC(N)=NCC2CCN(S(C)(=O)=O)CC2)cc1.I. The zero-order chi connectivity index (χ0) is 18.4. The third-order valence-electron chi connectivity index (χ3n) is 4.06. The number of ether oxygens (including phenoxy) is 1. The zero-order valence-corrected chi connectivity index (χ0v) is 18.7. The van der Waals surface area contributed by atoms with E-state index < -0.39 is 10.0 Å². The van der Waals surface area contributed by atoms with Gasteiger partial charge in [0, 0.05) is 25.3 Å². The van der Waals surface area contributed by atoms with Crippen LogP contribution < -0.4 is 15.8 Å². The highest BCUT2D eigenvalue weighted by Crippen LogP contribution is 2.20. The maximum Gasteiger partial charge on any atom is 0.211 e. The van der Waals surface area contributed by atoms with E-state index in [4.69, 9.17) is 10.5 Å². The summed E-state index contributed by atoms with van der Waals surface area (Å²) >= 11 is 0. The summed E-state index contributed by atoms with van der Waals surface area (Å²) in [7, 11) is -3.08. The average molecular weight is 496 g/mol. The topological polar surface area (TPSA) is 97.0 Å². The molecule has 1 aliphatic rings. The first-order valence-corrected chi connectivity index (χ1v) is 10.4. The van der Waals surface area contributed by atoms with Crippen LogP contribution in [0.4, 0.5) is 5.69 Å². The number of guanidine groups is 1. The molecule has 0 radical (unpaired) electrons. The number of nitrogens with zero attached hydrogens (tertiary/aromatic N) is 2. The van der Waals surface area contributed by atoms with Gasteiger partial charge in [0.2, 0.25) is 10.0 Å². The first-order chi connectivity index (χ1) is 11.7. The van der Waals surface area contributed by atoms with E-state index in [9.17, 15) is 8.42 Å². The number of anilines is 1. The molecule has 1 saturated heterocycles. The number of nitrogens with one attached hydrogen (secondary N) is 1. The Kier molecular flexibility index (Phi) is 9.11. The van der Waals surface area contributed by atoms with Crippen LogP contribution in [-0.2, 0) is 10.0 Å². The molecule has 148 valence electrons. The Morgan fingerprint density at radius 2 is 1.88 bits per heavy atom. The molecule has 0 amide bonds. The molecule has 3 N–H and O–H groups in total. The quantitative estimate of drug-likeness (QED) is 0.359. The highest BCUT2D eigenvalue weighted by Gasteiger charge is 2.24. The Labute approximate surface area is 173 Å². The molecule has 1 fully saturated rings. The van der Waals surface area contributed by atoms with Crippen LogP contribution in [0.15, 0.2) is 29.3 Å². The van der Waals surface area contributed by atoms with Gasteiger partial charge in [0.1, 0.15) is 5.75 Å². The second kappa shape index (κ2) is 10.3. The predicted octanol–water partition coefficient (Wildman–Crippen LogP) is 2.49. The molecular formula is C17H29IN4O3S. The number of sulfonamides is 1. The van der Waals surface area contributed by atoms with Gasteiger partial charge in [-0.15, -0.1) is 24.0 Å². The number of piperidine rings is 1. The Morgan fingerprint density at radius 3 is 2.38 bits per heavy atom. The van der Waals surface area contributed by atoms with E-state index in [0.717, 1.165) is 24.3 Å². The normalized spacial score (nSPS) is 17.0. The average Bonchev–Trinajstić information content (AvgIpc) is 2.54. The van der Waals surface area contributed by atoms with Crippen molar-refractivity contribution >= 4 is 45.6 Å².